The number of nitrogens with zero attached hydrogens (tertiary/aromatic N) is 1. The van der Waals surface area contributed by atoms with Crippen LogP contribution in [0.1, 0.15) is 23.8 Å². The minimum absolute atomic E-state index is 0.602. The number of aromatic nitrogens is 1. The molecule has 64 valence electrons. The van der Waals surface area contributed by atoms with Crippen LogP contribution in [-0.4, -0.2) is 21.3 Å². The molecule has 0 saturated heterocycles. The Morgan fingerprint density at radius 3 is 3.08 bits per heavy atom. The van der Waals surface area contributed by atoms with E-state index in [1.807, 2.05) is 6.07 Å². The average molecular weight is 165 g/mol. The molecule has 1 heterocycles. The van der Waals surface area contributed by atoms with E-state index in [4.69, 9.17) is 0 Å². The SMILES string of the molecule is OC1CCc2ncccc2C1O. The maximum atomic E-state index is 9.54. The first-order valence-corrected chi connectivity index (χ1v) is 4.09. The van der Waals surface area contributed by atoms with Gasteiger partial charge in [0.15, 0.2) is 0 Å². The minimum atomic E-state index is -0.748. The number of aliphatic hydroxyl groups excluding tert-OH is 2. The lowest BCUT2D eigenvalue weighted by Crippen LogP contribution is -2.25. The van der Waals surface area contributed by atoms with Crippen LogP contribution in [-0.2, 0) is 6.42 Å². The van der Waals surface area contributed by atoms with Crippen molar-refractivity contribution in [3.05, 3.63) is 29.6 Å². The van der Waals surface area contributed by atoms with Gasteiger partial charge in [0.2, 0.25) is 0 Å². The van der Waals surface area contributed by atoms with E-state index in [-0.39, 0.29) is 0 Å². The van der Waals surface area contributed by atoms with Crippen LogP contribution < -0.4 is 0 Å². The van der Waals surface area contributed by atoms with Gasteiger partial charge in [-0.15, -0.1) is 0 Å². The fraction of sp³-hybridized carbons (Fsp3) is 0.444. The summed E-state index contributed by atoms with van der Waals surface area (Å²) in [7, 11) is 0. The van der Waals surface area contributed by atoms with Gasteiger partial charge in [0, 0.05) is 17.5 Å². The third kappa shape index (κ3) is 1.11. The third-order valence-electron chi connectivity index (χ3n) is 2.29. The Morgan fingerprint density at radius 2 is 2.25 bits per heavy atom. The van der Waals surface area contributed by atoms with Crippen molar-refractivity contribution in [2.45, 2.75) is 25.0 Å². The van der Waals surface area contributed by atoms with E-state index in [1.54, 1.807) is 12.3 Å². The summed E-state index contributed by atoms with van der Waals surface area (Å²) in [6.07, 6.45) is 1.70. The van der Waals surface area contributed by atoms with Gasteiger partial charge in [-0.05, 0) is 18.9 Å². The van der Waals surface area contributed by atoms with Crippen LogP contribution in [0.3, 0.4) is 0 Å². The van der Waals surface area contributed by atoms with Crippen LogP contribution in [0.25, 0.3) is 0 Å². The first-order chi connectivity index (χ1) is 5.79. The molecule has 1 aromatic rings. The molecular weight excluding hydrogens is 154 g/mol. The highest BCUT2D eigenvalue weighted by Gasteiger charge is 2.26. The van der Waals surface area contributed by atoms with Crippen molar-refractivity contribution < 1.29 is 10.2 Å². The van der Waals surface area contributed by atoms with Gasteiger partial charge in [-0.25, -0.2) is 0 Å². The zero-order chi connectivity index (χ0) is 8.55. The van der Waals surface area contributed by atoms with Crippen molar-refractivity contribution in [2.24, 2.45) is 0 Å². The highest BCUT2D eigenvalue weighted by Crippen LogP contribution is 2.27. The monoisotopic (exact) mass is 165 g/mol. The molecule has 2 atom stereocenters. The normalized spacial score (nSPS) is 28.2. The van der Waals surface area contributed by atoms with Gasteiger partial charge in [-0.2, -0.15) is 0 Å². The molecule has 0 bridgehead atoms. The van der Waals surface area contributed by atoms with Gasteiger partial charge >= 0.3 is 0 Å². The van der Waals surface area contributed by atoms with Crippen molar-refractivity contribution >= 4 is 0 Å². The fourth-order valence-electron chi connectivity index (χ4n) is 1.58. The second kappa shape index (κ2) is 2.84. The van der Waals surface area contributed by atoms with Crippen molar-refractivity contribution in [3.63, 3.8) is 0 Å². The lowest BCUT2D eigenvalue weighted by Gasteiger charge is -2.24. The predicted octanol–water partition coefficient (Wildman–Crippen LogP) is 0.422. The van der Waals surface area contributed by atoms with Gasteiger partial charge in [-0.3, -0.25) is 4.98 Å². The smallest absolute Gasteiger partial charge is 0.107 e. The maximum Gasteiger partial charge on any atom is 0.107 e. The molecule has 1 aromatic heterocycles. The molecule has 2 rings (SSSR count). The Hall–Kier alpha value is -0.930. The number of fused-ring (bicyclic) bond motifs is 1. The first kappa shape index (κ1) is 7.71. The Morgan fingerprint density at radius 1 is 1.42 bits per heavy atom. The quantitative estimate of drug-likeness (QED) is 0.586. The van der Waals surface area contributed by atoms with E-state index < -0.39 is 12.2 Å². The molecular formula is C9H11NO2. The second-order valence-corrected chi connectivity index (χ2v) is 3.09. The summed E-state index contributed by atoms with van der Waals surface area (Å²) in [6, 6.07) is 3.59. The number of hydrogen-bond donors (Lipinski definition) is 2. The topological polar surface area (TPSA) is 53.4 Å². The fourth-order valence-corrected chi connectivity index (χ4v) is 1.58. The molecule has 2 N–H and O–H groups in total. The molecule has 0 fully saturated rings. The Labute approximate surface area is 70.7 Å². The third-order valence-corrected chi connectivity index (χ3v) is 2.29. The molecule has 1 aliphatic rings. The molecule has 3 heteroatoms. The summed E-state index contributed by atoms with van der Waals surface area (Å²) in [6.45, 7) is 0. The van der Waals surface area contributed by atoms with Crippen molar-refractivity contribution in [2.75, 3.05) is 0 Å². The molecule has 3 nitrogen and oxygen atoms in total. The Balaban J connectivity index is 2.42. The lowest BCUT2D eigenvalue weighted by atomic mass is 9.91. The minimum Gasteiger partial charge on any atom is -0.390 e. The van der Waals surface area contributed by atoms with Crippen LogP contribution in [0.2, 0.25) is 0 Å². The Kier molecular flexibility index (Phi) is 1.83. The van der Waals surface area contributed by atoms with Crippen molar-refractivity contribution in [1.29, 1.82) is 0 Å². The van der Waals surface area contributed by atoms with Crippen LogP contribution in [0.5, 0.6) is 0 Å². The molecule has 0 amide bonds. The van der Waals surface area contributed by atoms with E-state index >= 15 is 0 Å². The van der Waals surface area contributed by atoms with E-state index in [1.165, 1.54) is 0 Å². The summed E-state index contributed by atoms with van der Waals surface area (Å²) in [5.41, 5.74) is 1.69. The lowest BCUT2D eigenvalue weighted by molar-refractivity contribution is 0.00578. The van der Waals surface area contributed by atoms with E-state index in [0.29, 0.717) is 6.42 Å². The summed E-state index contributed by atoms with van der Waals surface area (Å²) < 4.78 is 0. The largest absolute Gasteiger partial charge is 0.390 e. The van der Waals surface area contributed by atoms with Crippen LogP contribution >= 0.6 is 0 Å². The van der Waals surface area contributed by atoms with Crippen LogP contribution in [0.4, 0.5) is 0 Å². The van der Waals surface area contributed by atoms with E-state index in [2.05, 4.69) is 4.98 Å². The van der Waals surface area contributed by atoms with Gasteiger partial charge in [0.1, 0.15) is 6.10 Å². The number of pyridine rings is 1. The number of aliphatic hydroxyl groups is 2. The molecule has 12 heavy (non-hydrogen) atoms. The standard InChI is InChI=1S/C9H11NO2/c11-8-4-3-7-6(9(8)12)2-1-5-10-7/h1-2,5,8-9,11-12H,3-4H2. The van der Waals surface area contributed by atoms with Gasteiger partial charge in [0.25, 0.3) is 0 Å². The van der Waals surface area contributed by atoms with E-state index in [0.717, 1.165) is 17.7 Å². The van der Waals surface area contributed by atoms with Gasteiger partial charge in [-0.1, -0.05) is 6.07 Å². The molecule has 0 saturated carbocycles. The average Bonchev–Trinajstić information content (AvgIpc) is 2.12. The highest BCUT2D eigenvalue weighted by atomic mass is 16.3. The number of aryl methyl sites for hydroxylation is 1. The van der Waals surface area contributed by atoms with Crippen molar-refractivity contribution in [3.8, 4) is 0 Å². The van der Waals surface area contributed by atoms with Crippen LogP contribution in [0, 0.1) is 0 Å². The molecule has 0 aliphatic heterocycles. The molecule has 0 radical (unpaired) electrons. The second-order valence-electron chi connectivity index (χ2n) is 3.09. The predicted molar refractivity (Wildman–Crippen MR) is 43.5 cm³/mol. The highest BCUT2D eigenvalue weighted by molar-refractivity contribution is 5.25. The van der Waals surface area contributed by atoms with E-state index in [9.17, 15) is 10.2 Å². The molecule has 0 spiro atoms. The van der Waals surface area contributed by atoms with Gasteiger partial charge < -0.3 is 10.2 Å². The molecule has 2 unspecified atom stereocenters. The summed E-state index contributed by atoms with van der Waals surface area (Å²) in [5.74, 6) is 0. The Bertz CT molecular complexity index is 288. The first-order valence-electron chi connectivity index (χ1n) is 4.09. The summed E-state index contributed by atoms with van der Waals surface area (Å²) in [4.78, 5) is 4.13. The summed E-state index contributed by atoms with van der Waals surface area (Å²) >= 11 is 0. The zero-order valence-electron chi connectivity index (χ0n) is 6.64. The number of hydrogen-bond acceptors (Lipinski definition) is 3. The van der Waals surface area contributed by atoms with Crippen LogP contribution in [0.15, 0.2) is 18.3 Å². The van der Waals surface area contributed by atoms with Gasteiger partial charge in [0.05, 0.1) is 6.10 Å². The summed E-state index contributed by atoms with van der Waals surface area (Å²) in [5, 5.41) is 18.9. The number of rotatable bonds is 0. The van der Waals surface area contributed by atoms with Crippen molar-refractivity contribution in [1.82, 2.24) is 4.98 Å². The molecule has 1 aliphatic carbocycles. The zero-order valence-corrected chi connectivity index (χ0v) is 6.64. The molecule has 0 aromatic carbocycles. The maximum absolute atomic E-state index is 9.54.